The summed E-state index contributed by atoms with van der Waals surface area (Å²) >= 11 is 0. The van der Waals surface area contributed by atoms with E-state index in [1.54, 1.807) is 0 Å². The molecule has 2 rings (SSSR count). The average molecular weight is 285 g/mol. The Morgan fingerprint density at radius 3 is 2.05 bits per heavy atom. The molecule has 0 aliphatic rings. The zero-order chi connectivity index (χ0) is 15.5. The van der Waals surface area contributed by atoms with Crippen molar-refractivity contribution in [1.29, 1.82) is 0 Å². The summed E-state index contributed by atoms with van der Waals surface area (Å²) in [5.41, 5.74) is 9.52. The van der Waals surface area contributed by atoms with Crippen molar-refractivity contribution in [3.8, 4) is 0 Å². The van der Waals surface area contributed by atoms with Crippen LogP contribution in [0, 0.1) is 5.82 Å². The maximum Gasteiger partial charge on any atom is 0.123 e. The van der Waals surface area contributed by atoms with Crippen LogP contribution in [0.25, 0.3) is 0 Å². The highest BCUT2D eigenvalue weighted by atomic mass is 19.1. The van der Waals surface area contributed by atoms with Gasteiger partial charge in [0, 0.05) is 12.0 Å². The summed E-state index contributed by atoms with van der Waals surface area (Å²) in [4.78, 5) is 0. The number of rotatable bonds is 5. The molecule has 0 aliphatic carbocycles. The van der Waals surface area contributed by atoms with Gasteiger partial charge in [-0.3, -0.25) is 0 Å². The van der Waals surface area contributed by atoms with E-state index in [1.807, 2.05) is 12.1 Å². The maximum absolute atomic E-state index is 13.1. The fraction of sp³-hybridized carbons (Fsp3) is 0.368. The van der Waals surface area contributed by atoms with Crippen molar-refractivity contribution in [2.45, 2.75) is 38.5 Å². The summed E-state index contributed by atoms with van der Waals surface area (Å²) in [6.45, 7) is 7.05. The van der Waals surface area contributed by atoms with Crippen LogP contribution in [0.3, 0.4) is 0 Å². The second-order valence-corrected chi connectivity index (χ2v) is 6.34. The molecule has 0 spiro atoms. The molecular weight excluding hydrogens is 261 g/mol. The van der Waals surface area contributed by atoms with Gasteiger partial charge >= 0.3 is 0 Å². The Hall–Kier alpha value is -1.67. The molecular formula is C19H24FN. The second kappa shape index (κ2) is 6.40. The van der Waals surface area contributed by atoms with Crippen LogP contribution in [0.5, 0.6) is 0 Å². The minimum absolute atomic E-state index is 0.174. The minimum atomic E-state index is -0.209. The Morgan fingerprint density at radius 2 is 1.57 bits per heavy atom. The van der Waals surface area contributed by atoms with Crippen molar-refractivity contribution < 1.29 is 4.39 Å². The molecule has 0 fully saturated rings. The van der Waals surface area contributed by atoms with Gasteiger partial charge in [-0.2, -0.15) is 0 Å². The highest BCUT2D eigenvalue weighted by Gasteiger charge is 2.25. The fourth-order valence-electron chi connectivity index (χ4n) is 2.62. The molecule has 0 saturated heterocycles. The van der Waals surface area contributed by atoms with Gasteiger partial charge < -0.3 is 5.73 Å². The van der Waals surface area contributed by atoms with Crippen molar-refractivity contribution in [1.82, 2.24) is 0 Å². The first-order valence-electron chi connectivity index (χ1n) is 7.49. The molecule has 1 nitrogen and oxygen atoms in total. The lowest BCUT2D eigenvalue weighted by Crippen LogP contribution is -2.34. The smallest absolute Gasteiger partial charge is 0.123 e. The first-order chi connectivity index (χ1) is 9.94. The van der Waals surface area contributed by atoms with Crippen LogP contribution in [0.2, 0.25) is 0 Å². The first-order valence-corrected chi connectivity index (χ1v) is 7.49. The Balaban J connectivity index is 2.23. The van der Waals surface area contributed by atoms with Crippen molar-refractivity contribution in [3.05, 3.63) is 71.0 Å². The molecule has 2 aromatic carbocycles. The minimum Gasteiger partial charge on any atom is -0.330 e. The van der Waals surface area contributed by atoms with Gasteiger partial charge in [-0.05, 0) is 41.2 Å². The van der Waals surface area contributed by atoms with Crippen molar-refractivity contribution in [2.75, 3.05) is 6.54 Å². The molecule has 0 bridgehead atoms. The van der Waals surface area contributed by atoms with E-state index in [9.17, 15) is 4.39 Å². The molecule has 112 valence electrons. The van der Waals surface area contributed by atoms with Crippen LogP contribution in [-0.4, -0.2) is 6.54 Å². The highest BCUT2D eigenvalue weighted by Crippen LogP contribution is 2.28. The van der Waals surface area contributed by atoms with Crippen LogP contribution in [-0.2, 0) is 11.8 Å². The molecule has 0 heterocycles. The predicted octanol–water partition coefficient (Wildman–Crippen LogP) is 4.41. The van der Waals surface area contributed by atoms with Gasteiger partial charge in [-0.1, -0.05) is 57.2 Å². The van der Waals surface area contributed by atoms with Crippen LogP contribution in [0.15, 0.2) is 48.5 Å². The van der Waals surface area contributed by atoms with Gasteiger partial charge in [0.15, 0.2) is 0 Å². The largest absolute Gasteiger partial charge is 0.330 e. The number of halogens is 1. The third kappa shape index (κ3) is 3.70. The number of benzene rings is 2. The average Bonchev–Trinajstić information content (AvgIpc) is 2.48. The van der Waals surface area contributed by atoms with Gasteiger partial charge in [-0.15, -0.1) is 0 Å². The fourth-order valence-corrected chi connectivity index (χ4v) is 2.62. The topological polar surface area (TPSA) is 26.0 Å². The third-order valence-electron chi connectivity index (χ3n) is 4.23. The van der Waals surface area contributed by atoms with E-state index in [0.717, 1.165) is 12.0 Å². The molecule has 2 heteroatoms. The lowest BCUT2D eigenvalue weighted by atomic mass is 9.77. The molecule has 21 heavy (non-hydrogen) atoms. The first kappa shape index (κ1) is 15.7. The lowest BCUT2D eigenvalue weighted by Gasteiger charge is -2.29. The highest BCUT2D eigenvalue weighted by molar-refractivity contribution is 5.31. The lowest BCUT2D eigenvalue weighted by molar-refractivity contribution is 0.479. The van der Waals surface area contributed by atoms with E-state index in [1.165, 1.54) is 23.3 Å². The number of hydrogen-bond donors (Lipinski definition) is 1. The van der Waals surface area contributed by atoms with E-state index in [2.05, 4.69) is 45.0 Å². The predicted molar refractivity (Wildman–Crippen MR) is 87.0 cm³/mol. The van der Waals surface area contributed by atoms with E-state index in [4.69, 9.17) is 5.73 Å². The van der Waals surface area contributed by atoms with Crippen molar-refractivity contribution in [3.63, 3.8) is 0 Å². The Morgan fingerprint density at radius 1 is 1.00 bits per heavy atom. The number of nitrogens with two attached hydrogens (primary N) is 1. The zero-order valence-electron chi connectivity index (χ0n) is 13.1. The molecule has 0 amide bonds. The van der Waals surface area contributed by atoms with Gasteiger partial charge in [0.1, 0.15) is 5.82 Å². The monoisotopic (exact) mass is 285 g/mol. The molecule has 1 unspecified atom stereocenters. The van der Waals surface area contributed by atoms with Gasteiger partial charge in [0.2, 0.25) is 0 Å². The summed E-state index contributed by atoms with van der Waals surface area (Å²) in [5, 5.41) is 0. The zero-order valence-corrected chi connectivity index (χ0v) is 13.1. The number of hydrogen-bond acceptors (Lipinski definition) is 1. The van der Waals surface area contributed by atoms with E-state index in [-0.39, 0.29) is 11.2 Å². The summed E-state index contributed by atoms with van der Waals surface area (Å²) in [6, 6.07) is 15.4. The summed E-state index contributed by atoms with van der Waals surface area (Å²) < 4.78 is 13.1. The summed E-state index contributed by atoms with van der Waals surface area (Å²) in [5.74, 6) is 0.330. The molecule has 0 aliphatic heterocycles. The second-order valence-electron chi connectivity index (χ2n) is 6.34. The standard InChI is InChI=1S/C19H24FN/c1-14(2)16-6-4-15(5-7-16)12-19(3,13-21)17-8-10-18(20)11-9-17/h4-11,14H,12-13,21H2,1-3H3. The molecule has 1 atom stereocenters. The Kier molecular flexibility index (Phi) is 4.79. The van der Waals surface area contributed by atoms with E-state index < -0.39 is 0 Å². The Labute approximate surface area is 127 Å². The van der Waals surface area contributed by atoms with Crippen LogP contribution >= 0.6 is 0 Å². The Bertz CT molecular complexity index is 572. The maximum atomic E-state index is 13.1. The molecule has 0 saturated carbocycles. The SMILES string of the molecule is CC(C)c1ccc(CC(C)(CN)c2ccc(F)cc2)cc1. The van der Waals surface area contributed by atoms with E-state index in [0.29, 0.717) is 12.5 Å². The summed E-state index contributed by atoms with van der Waals surface area (Å²) in [6.07, 6.45) is 0.855. The van der Waals surface area contributed by atoms with Crippen molar-refractivity contribution >= 4 is 0 Å². The van der Waals surface area contributed by atoms with Gasteiger partial charge in [0.25, 0.3) is 0 Å². The molecule has 2 aromatic rings. The van der Waals surface area contributed by atoms with Gasteiger partial charge in [0.05, 0.1) is 0 Å². The molecule has 0 aromatic heterocycles. The normalized spacial score (nSPS) is 14.2. The quantitative estimate of drug-likeness (QED) is 0.865. The van der Waals surface area contributed by atoms with Gasteiger partial charge in [-0.25, -0.2) is 4.39 Å². The summed E-state index contributed by atoms with van der Waals surface area (Å²) in [7, 11) is 0. The molecule has 0 radical (unpaired) electrons. The van der Waals surface area contributed by atoms with Crippen LogP contribution in [0.1, 0.15) is 43.4 Å². The van der Waals surface area contributed by atoms with Crippen LogP contribution in [0.4, 0.5) is 4.39 Å². The van der Waals surface area contributed by atoms with Crippen LogP contribution < -0.4 is 5.73 Å². The third-order valence-corrected chi connectivity index (χ3v) is 4.23. The van der Waals surface area contributed by atoms with E-state index >= 15 is 0 Å². The molecule has 2 N–H and O–H groups in total. The van der Waals surface area contributed by atoms with Crippen molar-refractivity contribution in [2.24, 2.45) is 5.73 Å².